The fourth-order valence-corrected chi connectivity index (χ4v) is 2.62. The van der Waals surface area contributed by atoms with Gasteiger partial charge in [0.15, 0.2) is 5.13 Å². The van der Waals surface area contributed by atoms with Gasteiger partial charge in [-0.1, -0.05) is 36.8 Å². The molecule has 2 aromatic rings. The first-order chi connectivity index (χ1) is 10.8. The Hall–Kier alpha value is -1.99. The molecule has 0 atom stereocenters. The predicted octanol–water partition coefficient (Wildman–Crippen LogP) is 4.17. The van der Waals surface area contributed by atoms with Gasteiger partial charge in [-0.15, -0.1) is 0 Å². The molecule has 0 unspecified atom stereocenters. The van der Waals surface area contributed by atoms with E-state index in [1.54, 1.807) is 0 Å². The molecule has 5 nitrogen and oxygen atoms in total. The van der Waals surface area contributed by atoms with Crippen molar-refractivity contribution >= 4 is 45.6 Å². The summed E-state index contributed by atoms with van der Waals surface area (Å²) < 4.78 is 14.5. The summed E-state index contributed by atoms with van der Waals surface area (Å²) in [5.41, 5.74) is 0.167. The summed E-state index contributed by atoms with van der Waals surface area (Å²) in [6.07, 6.45) is 1.71. The van der Waals surface area contributed by atoms with Crippen LogP contribution < -0.4 is 10.6 Å². The van der Waals surface area contributed by atoms with Crippen LogP contribution in [0.25, 0.3) is 0 Å². The number of hydrogen-bond acceptors (Lipinski definition) is 4. The maximum absolute atomic E-state index is 14.0. The number of anilines is 2. The quantitative estimate of drug-likeness (QED) is 0.845. The highest BCUT2D eigenvalue weighted by atomic mass is 35.5. The van der Waals surface area contributed by atoms with E-state index in [2.05, 4.69) is 15.6 Å². The van der Waals surface area contributed by atoms with Crippen LogP contribution in [0.15, 0.2) is 24.4 Å². The van der Waals surface area contributed by atoms with Gasteiger partial charge >= 0.3 is 0 Å². The van der Waals surface area contributed by atoms with E-state index < -0.39 is 11.7 Å². The molecule has 0 radical (unpaired) electrons. The van der Waals surface area contributed by atoms with E-state index >= 15 is 0 Å². The average Bonchev–Trinajstić information content (AvgIpc) is 2.85. The van der Waals surface area contributed by atoms with Gasteiger partial charge in [-0.05, 0) is 24.1 Å². The van der Waals surface area contributed by atoms with Crippen molar-refractivity contribution in [1.82, 2.24) is 4.98 Å². The van der Waals surface area contributed by atoms with Crippen molar-refractivity contribution in [2.75, 3.05) is 10.6 Å². The molecule has 0 spiro atoms. The van der Waals surface area contributed by atoms with Crippen molar-refractivity contribution < 1.29 is 14.0 Å². The van der Waals surface area contributed by atoms with Crippen LogP contribution in [-0.2, 0) is 4.79 Å². The van der Waals surface area contributed by atoms with Crippen LogP contribution in [0.3, 0.4) is 0 Å². The Labute approximate surface area is 141 Å². The third kappa shape index (κ3) is 5.01. The van der Waals surface area contributed by atoms with E-state index in [1.165, 1.54) is 18.3 Å². The number of aromatic nitrogens is 1. The van der Waals surface area contributed by atoms with Crippen molar-refractivity contribution in [2.24, 2.45) is 5.92 Å². The normalized spacial score (nSPS) is 10.7. The van der Waals surface area contributed by atoms with Gasteiger partial charge in [0.25, 0.3) is 5.91 Å². The predicted molar refractivity (Wildman–Crippen MR) is 89.6 cm³/mol. The molecule has 1 aromatic carbocycles. The zero-order chi connectivity index (χ0) is 17.0. The summed E-state index contributed by atoms with van der Waals surface area (Å²) in [5, 5.41) is 5.34. The van der Waals surface area contributed by atoms with Crippen molar-refractivity contribution in [3.63, 3.8) is 0 Å². The molecule has 23 heavy (non-hydrogen) atoms. The Bertz CT molecular complexity index is 733. The van der Waals surface area contributed by atoms with Crippen LogP contribution in [-0.4, -0.2) is 16.8 Å². The molecule has 0 saturated carbocycles. The van der Waals surface area contributed by atoms with Gasteiger partial charge in [0, 0.05) is 12.0 Å². The average molecular weight is 356 g/mol. The number of nitrogens with zero attached hydrogens (tertiary/aromatic N) is 1. The van der Waals surface area contributed by atoms with Crippen LogP contribution in [0.5, 0.6) is 0 Å². The van der Waals surface area contributed by atoms with E-state index in [1.807, 2.05) is 13.8 Å². The number of rotatable bonds is 5. The SMILES string of the molecule is CC(C)CC(=O)Nc1ccc(C(=O)Nc2ncc(Cl)s2)cc1F. The second-order valence-corrected chi connectivity index (χ2v) is 6.93. The van der Waals surface area contributed by atoms with Gasteiger partial charge in [0.1, 0.15) is 10.2 Å². The molecule has 0 saturated heterocycles. The minimum absolute atomic E-state index is 0.0458. The second kappa shape index (κ2) is 7.52. The van der Waals surface area contributed by atoms with Crippen LogP contribution in [0.1, 0.15) is 30.6 Å². The van der Waals surface area contributed by atoms with E-state index in [-0.39, 0.29) is 23.1 Å². The summed E-state index contributed by atoms with van der Waals surface area (Å²) in [6, 6.07) is 3.85. The molecular formula is C15H15ClFN3O2S. The number of amides is 2. The number of nitrogens with one attached hydrogen (secondary N) is 2. The van der Waals surface area contributed by atoms with Gasteiger partial charge in [0.05, 0.1) is 11.9 Å². The van der Waals surface area contributed by atoms with Gasteiger partial charge in [-0.3, -0.25) is 14.9 Å². The number of carbonyl (C=O) groups is 2. The van der Waals surface area contributed by atoms with Crippen molar-refractivity contribution in [3.8, 4) is 0 Å². The zero-order valence-electron chi connectivity index (χ0n) is 12.5. The minimum Gasteiger partial charge on any atom is -0.324 e. The lowest BCUT2D eigenvalue weighted by Gasteiger charge is -2.09. The molecule has 0 fully saturated rings. The van der Waals surface area contributed by atoms with Crippen molar-refractivity contribution in [2.45, 2.75) is 20.3 Å². The summed E-state index contributed by atoms with van der Waals surface area (Å²) >= 11 is 6.83. The minimum atomic E-state index is -0.674. The molecular weight excluding hydrogens is 341 g/mol. The fraction of sp³-hybridized carbons (Fsp3) is 0.267. The largest absolute Gasteiger partial charge is 0.324 e. The van der Waals surface area contributed by atoms with Gasteiger partial charge < -0.3 is 5.32 Å². The van der Waals surface area contributed by atoms with Crippen molar-refractivity contribution in [3.05, 3.63) is 40.1 Å². The molecule has 2 amide bonds. The molecule has 0 aliphatic rings. The molecule has 0 bridgehead atoms. The standard InChI is InChI=1S/C15H15ClFN3O2S/c1-8(2)5-13(21)19-11-4-3-9(6-10(11)17)14(22)20-15-18-7-12(16)23-15/h3-4,6-8H,5H2,1-2H3,(H,19,21)(H,18,20,22). The lowest BCUT2D eigenvalue weighted by molar-refractivity contribution is -0.116. The number of hydrogen-bond donors (Lipinski definition) is 2. The Morgan fingerprint density at radius 3 is 2.65 bits per heavy atom. The van der Waals surface area contributed by atoms with Crippen LogP contribution in [0, 0.1) is 11.7 Å². The van der Waals surface area contributed by atoms with Gasteiger partial charge in [-0.2, -0.15) is 0 Å². The molecule has 0 aliphatic heterocycles. The molecule has 0 aliphatic carbocycles. The Balaban J connectivity index is 2.06. The van der Waals surface area contributed by atoms with E-state index in [0.717, 1.165) is 17.4 Å². The van der Waals surface area contributed by atoms with Gasteiger partial charge in [0.2, 0.25) is 5.91 Å². The highest BCUT2D eigenvalue weighted by Crippen LogP contribution is 2.23. The monoisotopic (exact) mass is 355 g/mol. The molecule has 1 aromatic heterocycles. The summed E-state index contributed by atoms with van der Waals surface area (Å²) in [7, 11) is 0. The first-order valence-corrected chi connectivity index (χ1v) is 8.06. The Morgan fingerprint density at radius 1 is 1.35 bits per heavy atom. The first kappa shape index (κ1) is 17.4. The molecule has 2 rings (SSSR count). The number of thiazole rings is 1. The molecule has 1 heterocycles. The Kier molecular flexibility index (Phi) is 5.68. The lowest BCUT2D eigenvalue weighted by atomic mass is 10.1. The number of halogens is 2. The molecule has 8 heteroatoms. The third-order valence-corrected chi connectivity index (χ3v) is 3.83. The summed E-state index contributed by atoms with van der Waals surface area (Å²) in [6.45, 7) is 3.79. The highest BCUT2D eigenvalue weighted by molar-refractivity contribution is 7.19. The van der Waals surface area contributed by atoms with Crippen molar-refractivity contribution in [1.29, 1.82) is 0 Å². The Morgan fingerprint density at radius 2 is 2.09 bits per heavy atom. The van der Waals surface area contributed by atoms with Crippen LogP contribution in [0.4, 0.5) is 15.2 Å². The topological polar surface area (TPSA) is 71.1 Å². The fourth-order valence-electron chi connectivity index (χ4n) is 1.81. The highest BCUT2D eigenvalue weighted by Gasteiger charge is 2.13. The van der Waals surface area contributed by atoms with E-state index in [9.17, 15) is 14.0 Å². The lowest BCUT2D eigenvalue weighted by Crippen LogP contribution is -2.16. The van der Waals surface area contributed by atoms with Crippen LogP contribution >= 0.6 is 22.9 Å². The van der Waals surface area contributed by atoms with Crippen LogP contribution in [0.2, 0.25) is 4.34 Å². The molecule has 122 valence electrons. The van der Waals surface area contributed by atoms with E-state index in [0.29, 0.717) is 15.9 Å². The second-order valence-electron chi connectivity index (χ2n) is 5.26. The maximum Gasteiger partial charge on any atom is 0.257 e. The maximum atomic E-state index is 14.0. The van der Waals surface area contributed by atoms with Gasteiger partial charge in [-0.25, -0.2) is 9.37 Å². The number of benzene rings is 1. The van der Waals surface area contributed by atoms with E-state index in [4.69, 9.17) is 11.6 Å². The molecule has 2 N–H and O–H groups in total. The zero-order valence-corrected chi connectivity index (χ0v) is 14.1. The first-order valence-electron chi connectivity index (χ1n) is 6.87. The number of carbonyl (C=O) groups excluding carboxylic acids is 2. The third-order valence-electron chi connectivity index (χ3n) is 2.80. The summed E-state index contributed by atoms with van der Waals surface area (Å²) in [4.78, 5) is 27.6. The smallest absolute Gasteiger partial charge is 0.257 e. The summed E-state index contributed by atoms with van der Waals surface area (Å²) in [5.74, 6) is -1.27.